The van der Waals surface area contributed by atoms with Crippen LogP contribution < -0.4 is 5.32 Å². The molecule has 1 aliphatic heterocycles. The number of pyridine rings is 1. The second-order valence-electron chi connectivity index (χ2n) is 6.15. The fraction of sp³-hybridized carbons (Fsp3) is 0.444. The fourth-order valence-electron chi connectivity index (χ4n) is 3.29. The first-order valence-electron chi connectivity index (χ1n) is 7.99. The van der Waals surface area contributed by atoms with Gasteiger partial charge in [-0.1, -0.05) is 18.2 Å². The van der Waals surface area contributed by atoms with Gasteiger partial charge in [-0.25, -0.2) is 0 Å². The minimum Gasteiger partial charge on any atom is -0.338 e. The Balaban J connectivity index is 1.90. The molecule has 2 heterocycles. The molecule has 1 aromatic carbocycles. The molecule has 116 valence electrons. The highest BCUT2D eigenvalue weighted by atomic mass is 16.2. The minimum absolute atomic E-state index is 0.115. The van der Waals surface area contributed by atoms with Gasteiger partial charge in [0, 0.05) is 24.2 Å². The molecule has 1 N–H and O–H groups in total. The van der Waals surface area contributed by atoms with Crippen LogP contribution in [0.25, 0.3) is 10.9 Å². The Bertz CT molecular complexity index is 681. The number of carbonyl (C=O) groups is 1. The van der Waals surface area contributed by atoms with Gasteiger partial charge in [0.05, 0.1) is 11.1 Å². The van der Waals surface area contributed by atoms with E-state index >= 15 is 0 Å². The van der Waals surface area contributed by atoms with E-state index in [0.29, 0.717) is 5.92 Å². The van der Waals surface area contributed by atoms with E-state index in [1.165, 1.54) is 6.42 Å². The molecule has 0 saturated carbocycles. The summed E-state index contributed by atoms with van der Waals surface area (Å²) < 4.78 is 0. The van der Waals surface area contributed by atoms with Crippen molar-refractivity contribution in [3.05, 3.63) is 41.6 Å². The van der Waals surface area contributed by atoms with Crippen molar-refractivity contribution in [2.75, 3.05) is 26.7 Å². The van der Waals surface area contributed by atoms with Gasteiger partial charge in [-0.05, 0) is 51.4 Å². The zero-order valence-corrected chi connectivity index (χ0v) is 13.3. The van der Waals surface area contributed by atoms with Gasteiger partial charge in [0.15, 0.2) is 0 Å². The third-order valence-corrected chi connectivity index (χ3v) is 4.39. The van der Waals surface area contributed by atoms with Crippen LogP contribution in [0.15, 0.2) is 30.3 Å². The molecular weight excluding hydrogens is 274 g/mol. The lowest BCUT2D eigenvalue weighted by Crippen LogP contribution is -2.42. The molecule has 2 aromatic rings. The Kier molecular flexibility index (Phi) is 4.39. The van der Waals surface area contributed by atoms with Crippen LogP contribution >= 0.6 is 0 Å². The Labute approximate surface area is 131 Å². The first-order chi connectivity index (χ1) is 10.7. The van der Waals surface area contributed by atoms with Crippen LogP contribution in [0, 0.1) is 12.8 Å². The topological polar surface area (TPSA) is 45.2 Å². The molecule has 4 nitrogen and oxygen atoms in total. The summed E-state index contributed by atoms with van der Waals surface area (Å²) in [4.78, 5) is 19.5. The molecule has 0 radical (unpaired) electrons. The van der Waals surface area contributed by atoms with Crippen molar-refractivity contribution < 1.29 is 4.79 Å². The van der Waals surface area contributed by atoms with Crippen LogP contribution in [-0.2, 0) is 0 Å². The van der Waals surface area contributed by atoms with E-state index in [0.717, 1.165) is 48.2 Å². The van der Waals surface area contributed by atoms with Gasteiger partial charge >= 0.3 is 0 Å². The maximum atomic E-state index is 12.9. The van der Waals surface area contributed by atoms with E-state index in [4.69, 9.17) is 0 Å². The van der Waals surface area contributed by atoms with Crippen LogP contribution in [0.5, 0.6) is 0 Å². The number of benzene rings is 1. The first-order valence-corrected chi connectivity index (χ1v) is 7.99. The monoisotopic (exact) mass is 297 g/mol. The van der Waals surface area contributed by atoms with E-state index < -0.39 is 0 Å². The van der Waals surface area contributed by atoms with Gasteiger partial charge in [-0.3, -0.25) is 9.78 Å². The number of hydrogen-bond acceptors (Lipinski definition) is 3. The van der Waals surface area contributed by atoms with Crippen molar-refractivity contribution in [1.82, 2.24) is 15.2 Å². The average molecular weight is 297 g/mol. The summed E-state index contributed by atoms with van der Waals surface area (Å²) in [6.07, 6.45) is 2.27. The number of nitrogens with zero attached hydrogens (tertiary/aromatic N) is 2. The summed E-state index contributed by atoms with van der Waals surface area (Å²) in [5.74, 6) is 0.664. The van der Waals surface area contributed by atoms with Crippen LogP contribution in [-0.4, -0.2) is 42.5 Å². The highest BCUT2D eigenvalue weighted by Gasteiger charge is 2.25. The van der Waals surface area contributed by atoms with Gasteiger partial charge in [-0.2, -0.15) is 0 Å². The number of rotatable bonds is 3. The van der Waals surface area contributed by atoms with Crippen LogP contribution in [0.4, 0.5) is 0 Å². The number of nitrogens with one attached hydrogen (secondary N) is 1. The number of hydrogen-bond donors (Lipinski definition) is 1. The van der Waals surface area contributed by atoms with Crippen molar-refractivity contribution in [3.8, 4) is 0 Å². The fourth-order valence-corrected chi connectivity index (χ4v) is 3.29. The summed E-state index contributed by atoms with van der Waals surface area (Å²) in [7, 11) is 1.97. The molecule has 3 rings (SSSR count). The number of amides is 1. The number of likely N-dealkylation sites (tertiary alicyclic amines) is 1. The number of aryl methyl sites for hydroxylation is 1. The number of piperidine rings is 1. The Hall–Kier alpha value is -1.94. The number of para-hydroxylation sites is 1. The van der Waals surface area contributed by atoms with E-state index in [-0.39, 0.29) is 5.91 Å². The third kappa shape index (κ3) is 2.97. The van der Waals surface area contributed by atoms with Gasteiger partial charge in [0.1, 0.15) is 0 Å². The van der Waals surface area contributed by atoms with Crippen LogP contribution in [0.2, 0.25) is 0 Å². The molecule has 22 heavy (non-hydrogen) atoms. The molecule has 1 amide bonds. The third-order valence-electron chi connectivity index (χ3n) is 4.39. The number of carbonyl (C=O) groups excluding carboxylic acids is 1. The predicted octanol–water partition coefficient (Wildman–Crippen LogP) is 2.61. The van der Waals surface area contributed by atoms with Crippen molar-refractivity contribution in [2.24, 2.45) is 5.92 Å². The zero-order valence-electron chi connectivity index (χ0n) is 13.3. The molecule has 1 aromatic heterocycles. The van der Waals surface area contributed by atoms with Crippen molar-refractivity contribution in [2.45, 2.75) is 19.8 Å². The lowest BCUT2D eigenvalue weighted by atomic mass is 9.97. The molecule has 1 aliphatic rings. The van der Waals surface area contributed by atoms with Gasteiger partial charge < -0.3 is 10.2 Å². The van der Waals surface area contributed by atoms with E-state index in [1.54, 1.807) is 0 Å². The highest BCUT2D eigenvalue weighted by molar-refractivity contribution is 6.05. The van der Waals surface area contributed by atoms with Crippen molar-refractivity contribution in [1.29, 1.82) is 0 Å². The van der Waals surface area contributed by atoms with E-state index in [1.807, 2.05) is 49.2 Å². The molecule has 1 saturated heterocycles. The molecule has 0 spiro atoms. The quantitative estimate of drug-likeness (QED) is 0.947. The first kappa shape index (κ1) is 15.0. The van der Waals surface area contributed by atoms with Gasteiger partial charge in [0.25, 0.3) is 5.91 Å². The maximum absolute atomic E-state index is 12.9. The lowest BCUT2D eigenvalue weighted by Gasteiger charge is -2.33. The molecule has 0 bridgehead atoms. The highest BCUT2D eigenvalue weighted by Crippen LogP contribution is 2.22. The smallest absolute Gasteiger partial charge is 0.256 e. The molecular formula is C18H23N3O. The van der Waals surface area contributed by atoms with Crippen molar-refractivity contribution >= 4 is 16.8 Å². The predicted molar refractivity (Wildman–Crippen MR) is 89.0 cm³/mol. The summed E-state index contributed by atoms with van der Waals surface area (Å²) >= 11 is 0. The number of aromatic nitrogens is 1. The molecule has 1 fully saturated rings. The SMILES string of the molecule is CNC[C@@H]1CCCN(C(=O)c2cccc3ccc(C)nc23)C1. The Morgan fingerprint density at radius 1 is 1.36 bits per heavy atom. The normalized spacial score (nSPS) is 18.6. The Morgan fingerprint density at radius 3 is 3.05 bits per heavy atom. The van der Waals surface area contributed by atoms with E-state index in [9.17, 15) is 4.79 Å². The minimum atomic E-state index is 0.115. The molecule has 0 aliphatic carbocycles. The summed E-state index contributed by atoms with van der Waals surface area (Å²) in [5, 5.41) is 4.25. The van der Waals surface area contributed by atoms with Gasteiger partial charge in [0.2, 0.25) is 0 Å². The maximum Gasteiger partial charge on any atom is 0.256 e. The molecule has 4 heteroatoms. The van der Waals surface area contributed by atoms with Crippen molar-refractivity contribution in [3.63, 3.8) is 0 Å². The molecule has 0 unspecified atom stereocenters. The number of fused-ring (bicyclic) bond motifs is 1. The van der Waals surface area contributed by atoms with Crippen LogP contribution in [0.1, 0.15) is 28.9 Å². The summed E-state index contributed by atoms with van der Waals surface area (Å²) in [6, 6.07) is 9.88. The van der Waals surface area contributed by atoms with E-state index in [2.05, 4.69) is 10.3 Å². The van der Waals surface area contributed by atoms with Gasteiger partial charge in [-0.15, -0.1) is 0 Å². The summed E-state index contributed by atoms with van der Waals surface area (Å²) in [6.45, 7) is 4.62. The lowest BCUT2D eigenvalue weighted by molar-refractivity contribution is 0.0676. The largest absolute Gasteiger partial charge is 0.338 e. The second-order valence-corrected chi connectivity index (χ2v) is 6.15. The zero-order chi connectivity index (χ0) is 15.5. The van der Waals surface area contributed by atoms with Crippen LogP contribution in [0.3, 0.4) is 0 Å². The second kappa shape index (κ2) is 6.44. The summed E-state index contributed by atoms with van der Waals surface area (Å²) in [5.41, 5.74) is 2.49. The molecule has 1 atom stereocenters. The average Bonchev–Trinajstić information content (AvgIpc) is 2.54. The standard InChI is InChI=1S/C18H23N3O/c1-13-8-9-15-6-3-7-16(17(15)20-13)18(22)21-10-4-5-14(12-21)11-19-2/h3,6-9,14,19H,4-5,10-12H2,1-2H3/t14-/m0/s1. The Morgan fingerprint density at radius 2 is 2.23 bits per heavy atom.